The fraction of sp³-hybridized carbons (Fsp3) is 0.125. The summed E-state index contributed by atoms with van der Waals surface area (Å²) in [5, 5.41) is 8.79. The Balaban J connectivity index is 2.37. The third-order valence-corrected chi connectivity index (χ3v) is 2.60. The van der Waals surface area contributed by atoms with Gasteiger partial charge in [0.15, 0.2) is 0 Å². The van der Waals surface area contributed by atoms with E-state index in [0.717, 1.165) is 16.7 Å². The third kappa shape index (κ3) is 2.75. The number of benzene rings is 1. The Hall–Kier alpha value is -2.58. The lowest BCUT2D eigenvalue weighted by molar-refractivity contribution is 1.29. The van der Waals surface area contributed by atoms with Crippen LogP contribution < -0.4 is 0 Å². The van der Waals surface area contributed by atoms with E-state index in [1.807, 2.05) is 13.8 Å². The maximum Gasteiger partial charge on any atom is 0.101 e. The van der Waals surface area contributed by atoms with E-state index in [1.165, 1.54) is 11.8 Å². The fourth-order valence-electron chi connectivity index (χ4n) is 1.58. The number of pyridine rings is 1. The molecule has 2 nitrogen and oxygen atoms in total. The molecule has 0 aliphatic rings. The van der Waals surface area contributed by atoms with E-state index in [1.54, 1.807) is 12.3 Å². The van der Waals surface area contributed by atoms with Gasteiger partial charge in [-0.3, -0.25) is 4.98 Å². The summed E-state index contributed by atoms with van der Waals surface area (Å²) >= 11 is 0. The van der Waals surface area contributed by atoms with E-state index in [9.17, 15) is 0 Å². The molecule has 0 saturated heterocycles. The highest BCUT2D eigenvalue weighted by Gasteiger charge is 1.95. The van der Waals surface area contributed by atoms with Crippen LogP contribution >= 0.6 is 0 Å². The quantitative estimate of drug-likeness (QED) is 0.655. The van der Waals surface area contributed by atoms with Crippen molar-refractivity contribution in [3.63, 3.8) is 0 Å². The van der Waals surface area contributed by atoms with E-state index >= 15 is 0 Å². The summed E-state index contributed by atoms with van der Waals surface area (Å²) in [6, 6.07) is 9.98. The van der Waals surface area contributed by atoms with Gasteiger partial charge in [-0.15, -0.1) is 0 Å². The highest BCUT2D eigenvalue weighted by atomic mass is 14.6. The van der Waals surface area contributed by atoms with Gasteiger partial charge in [0.25, 0.3) is 0 Å². The Morgan fingerprint density at radius 3 is 2.56 bits per heavy atom. The van der Waals surface area contributed by atoms with Crippen molar-refractivity contribution < 1.29 is 0 Å². The van der Waals surface area contributed by atoms with Gasteiger partial charge in [-0.05, 0) is 37.1 Å². The minimum absolute atomic E-state index is 0.530. The van der Waals surface area contributed by atoms with Crippen molar-refractivity contribution in [2.45, 2.75) is 13.8 Å². The molecule has 0 aliphatic carbocycles. The van der Waals surface area contributed by atoms with Crippen LogP contribution in [0.25, 0.3) is 0 Å². The van der Waals surface area contributed by atoms with Gasteiger partial charge < -0.3 is 0 Å². The molecule has 0 N–H and O–H groups in total. The molecule has 0 fully saturated rings. The first-order valence-electron chi connectivity index (χ1n) is 5.63. The van der Waals surface area contributed by atoms with E-state index < -0.39 is 0 Å². The highest BCUT2D eigenvalue weighted by molar-refractivity contribution is 5.48. The predicted molar refractivity (Wildman–Crippen MR) is 70.8 cm³/mol. The molecule has 1 aromatic carbocycles. The average Bonchev–Trinajstić information content (AvgIpc) is 2.40. The molecule has 0 atom stereocenters. The molecule has 0 unspecified atom stereocenters. The van der Waals surface area contributed by atoms with Crippen LogP contribution in [0.15, 0.2) is 36.7 Å². The Morgan fingerprint density at radius 2 is 1.78 bits per heavy atom. The lowest BCUT2D eigenvalue weighted by Crippen LogP contribution is -1.85. The molecule has 18 heavy (non-hydrogen) atoms. The largest absolute Gasteiger partial charge is 0.262 e. The zero-order valence-electron chi connectivity index (χ0n) is 10.4. The van der Waals surface area contributed by atoms with Crippen LogP contribution in [0.2, 0.25) is 0 Å². The Kier molecular flexibility index (Phi) is 3.41. The molecule has 0 radical (unpaired) electrons. The number of rotatable bonds is 0. The van der Waals surface area contributed by atoms with Crippen molar-refractivity contribution in [2.24, 2.45) is 0 Å². The van der Waals surface area contributed by atoms with Crippen LogP contribution in [0, 0.1) is 37.0 Å². The second-order valence-corrected chi connectivity index (χ2v) is 4.14. The van der Waals surface area contributed by atoms with Crippen LogP contribution in [0.1, 0.15) is 27.8 Å². The molecule has 0 aliphatic heterocycles. The summed E-state index contributed by atoms with van der Waals surface area (Å²) in [6.07, 6.45) is 3.20. The number of nitrogens with zero attached hydrogens (tertiary/aromatic N) is 2. The van der Waals surface area contributed by atoms with Gasteiger partial charge in [-0.2, -0.15) is 5.26 Å². The fourth-order valence-corrected chi connectivity index (χ4v) is 1.58. The molecule has 0 spiro atoms. The lowest BCUT2D eigenvalue weighted by Gasteiger charge is -1.99. The van der Waals surface area contributed by atoms with Gasteiger partial charge in [0, 0.05) is 23.5 Å². The Morgan fingerprint density at radius 1 is 1.00 bits per heavy atom. The summed E-state index contributed by atoms with van der Waals surface area (Å²) < 4.78 is 0. The second-order valence-electron chi connectivity index (χ2n) is 4.14. The molecule has 1 heterocycles. The zero-order valence-corrected chi connectivity index (χ0v) is 10.4. The minimum Gasteiger partial charge on any atom is -0.262 e. The third-order valence-electron chi connectivity index (χ3n) is 2.60. The smallest absolute Gasteiger partial charge is 0.101 e. The molecule has 1 aromatic heterocycles. The SMILES string of the molecule is Cc1ccc(C)c(C#Cc2cncc(C#N)c2)c1. The maximum absolute atomic E-state index is 8.79. The number of aromatic nitrogens is 1. The molecule has 0 amide bonds. The van der Waals surface area contributed by atoms with Crippen LogP contribution in [-0.2, 0) is 0 Å². The zero-order chi connectivity index (χ0) is 13.0. The lowest BCUT2D eigenvalue weighted by atomic mass is 10.1. The summed E-state index contributed by atoms with van der Waals surface area (Å²) in [6.45, 7) is 4.08. The van der Waals surface area contributed by atoms with Gasteiger partial charge in [-0.1, -0.05) is 24.0 Å². The average molecular weight is 232 g/mol. The highest BCUT2D eigenvalue weighted by Crippen LogP contribution is 2.09. The molecule has 2 rings (SSSR count). The van der Waals surface area contributed by atoms with E-state index in [0.29, 0.717) is 5.56 Å². The molecule has 0 saturated carbocycles. The first-order valence-corrected chi connectivity index (χ1v) is 5.63. The molecular weight excluding hydrogens is 220 g/mol. The summed E-state index contributed by atoms with van der Waals surface area (Å²) in [5.41, 5.74) is 4.64. The van der Waals surface area contributed by atoms with Crippen LogP contribution in [0.3, 0.4) is 0 Å². The van der Waals surface area contributed by atoms with Gasteiger partial charge >= 0.3 is 0 Å². The first kappa shape index (κ1) is 11.9. The van der Waals surface area contributed by atoms with Crippen molar-refractivity contribution in [2.75, 3.05) is 0 Å². The molecule has 2 heteroatoms. The van der Waals surface area contributed by atoms with Crippen molar-refractivity contribution in [3.8, 4) is 17.9 Å². The Bertz CT molecular complexity index is 682. The van der Waals surface area contributed by atoms with E-state index in [4.69, 9.17) is 5.26 Å². The van der Waals surface area contributed by atoms with Crippen molar-refractivity contribution in [3.05, 3.63) is 64.5 Å². The van der Waals surface area contributed by atoms with Crippen LogP contribution in [0.4, 0.5) is 0 Å². The van der Waals surface area contributed by atoms with Gasteiger partial charge in [0.1, 0.15) is 6.07 Å². The summed E-state index contributed by atoms with van der Waals surface area (Å²) in [5.74, 6) is 6.16. The Labute approximate surface area is 107 Å². The van der Waals surface area contributed by atoms with Crippen molar-refractivity contribution in [1.82, 2.24) is 4.98 Å². The van der Waals surface area contributed by atoms with Gasteiger partial charge in [-0.25, -0.2) is 0 Å². The monoisotopic (exact) mass is 232 g/mol. The number of hydrogen-bond acceptors (Lipinski definition) is 2. The second kappa shape index (κ2) is 5.17. The minimum atomic E-state index is 0.530. The van der Waals surface area contributed by atoms with Crippen molar-refractivity contribution >= 4 is 0 Å². The van der Waals surface area contributed by atoms with Gasteiger partial charge in [0.2, 0.25) is 0 Å². The molecule has 86 valence electrons. The maximum atomic E-state index is 8.79. The number of nitriles is 1. The van der Waals surface area contributed by atoms with E-state index in [-0.39, 0.29) is 0 Å². The van der Waals surface area contributed by atoms with Gasteiger partial charge in [0.05, 0.1) is 5.56 Å². The summed E-state index contributed by atoms with van der Waals surface area (Å²) in [7, 11) is 0. The van der Waals surface area contributed by atoms with Crippen LogP contribution in [-0.4, -0.2) is 4.98 Å². The topological polar surface area (TPSA) is 36.7 Å². The van der Waals surface area contributed by atoms with Crippen molar-refractivity contribution in [1.29, 1.82) is 5.26 Å². The number of aryl methyl sites for hydroxylation is 2. The molecular formula is C16H12N2. The standard InChI is InChI=1S/C16H12N2/c1-12-3-4-13(2)16(7-12)6-5-14-8-15(9-17)11-18-10-14/h3-4,7-8,10-11H,1-2H3. The normalized spacial score (nSPS) is 9.17. The first-order chi connectivity index (χ1) is 8.69. The van der Waals surface area contributed by atoms with Crippen LogP contribution in [0.5, 0.6) is 0 Å². The predicted octanol–water partition coefficient (Wildman–Crippen LogP) is 2.97. The van der Waals surface area contributed by atoms with E-state index in [2.05, 4.69) is 41.1 Å². The molecule has 0 bridgehead atoms. The number of hydrogen-bond donors (Lipinski definition) is 0. The summed E-state index contributed by atoms with van der Waals surface area (Å²) in [4.78, 5) is 3.98. The molecule has 2 aromatic rings.